The van der Waals surface area contributed by atoms with Gasteiger partial charge in [-0.25, -0.2) is 0 Å². The van der Waals surface area contributed by atoms with Crippen LogP contribution in [0.3, 0.4) is 0 Å². The third-order valence-corrected chi connectivity index (χ3v) is 5.57. The highest BCUT2D eigenvalue weighted by Crippen LogP contribution is 2.37. The number of hydrogen-bond acceptors (Lipinski definition) is 4. The Kier molecular flexibility index (Phi) is 4.45. The summed E-state index contributed by atoms with van der Waals surface area (Å²) in [7, 11) is 1.46. The van der Waals surface area contributed by atoms with Gasteiger partial charge >= 0.3 is 5.97 Å². The Morgan fingerprint density at radius 1 is 1.48 bits per heavy atom. The maximum atomic E-state index is 12.0. The Morgan fingerprint density at radius 2 is 2.14 bits per heavy atom. The predicted octanol–water partition coefficient (Wildman–Crippen LogP) is 2.39. The molecule has 1 aliphatic carbocycles. The number of ether oxygens (including phenoxy) is 1. The van der Waals surface area contributed by atoms with Crippen molar-refractivity contribution in [1.82, 2.24) is 10.6 Å². The van der Waals surface area contributed by atoms with Gasteiger partial charge in [0.25, 0.3) is 0 Å². The normalized spacial score (nSPS) is 36.4. The Hall–Kier alpha value is -0.940. The molecule has 5 heteroatoms. The lowest BCUT2D eigenvalue weighted by Crippen LogP contribution is -2.55. The summed E-state index contributed by atoms with van der Waals surface area (Å²) in [6.07, 6.45) is 5.98. The first-order valence-corrected chi connectivity index (χ1v) is 7.94. The second-order valence-corrected chi connectivity index (χ2v) is 7.59. The number of carbonyl (C=O) groups is 1. The molecule has 21 heavy (non-hydrogen) atoms. The fraction of sp³-hybridized carbons (Fsp3) is 0.750. The molecule has 118 valence electrons. The van der Waals surface area contributed by atoms with Crippen LogP contribution in [0.5, 0.6) is 0 Å². The maximum absolute atomic E-state index is 12.0. The highest BCUT2D eigenvalue weighted by Gasteiger charge is 2.50. The van der Waals surface area contributed by atoms with Crippen LogP contribution in [0.4, 0.5) is 0 Å². The second-order valence-electron chi connectivity index (χ2n) is 7.18. The van der Waals surface area contributed by atoms with Crippen LogP contribution in [0.2, 0.25) is 0 Å². The predicted molar refractivity (Wildman–Crippen MR) is 87.9 cm³/mol. The Morgan fingerprint density at radius 3 is 2.67 bits per heavy atom. The Balaban J connectivity index is 2.23. The molecule has 4 atom stereocenters. The summed E-state index contributed by atoms with van der Waals surface area (Å²) in [4.78, 5) is 12.9. The molecule has 0 amide bonds. The van der Waals surface area contributed by atoms with Crippen molar-refractivity contribution in [3.05, 3.63) is 12.2 Å². The second kappa shape index (κ2) is 5.69. The summed E-state index contributed by atoms with van der Waals surface area (Å²) in [5, 5.41) is 7.02. The van der Waals surface area contributed by atoms with Gasteiger partial charge in [0.05, 0.1) is 29.7 Å². The van der Waals surface area contributed by atoms with Crippen molar-refractivity contribution >= 4 is 23.2 Å². The SMILES string of the molecule is COC(=O)C1CCC=CC1C1NC(=S)C(C)(C(C)(C)C)N1. The van der Waals surface area contributed by atoms with E-state index in [1.165, 1.54) is 7.11 Å². The van der Waals surface area contributed by atoms with Crippen LogP contribution in [0.1, 0.15) is 40.5 Å². The van der Waals surface area contributed by atoms with Gasteiger partial charge in [0, 0.05) is 5.92 Å². The van der Waals surface area contributed by atoms with Crippen LogP contribution in [0.25, 0.3) is 0 Å². The van der Waals surface area contributed by atoms with Gasteiger partial charge in [-0.2, -0.15) is 0 Å². The van der Waals surface area contributed by atoms with E-state index in [-0.39, 0.29) is 34.9 Å². The fourth-order valence-corrected chi connectivity index (χ4v) is 3.57. The van der Waals surface area contributed by atoms with Crippen molar-refractivity contribution < 1.29 is 9.53 Å². The lowest BCUT2D eigenvalue weighted by molar-refractivity contribution is -0.147. The lowest BCUT2D eigenvalue weighted by atomic mass is 9.75. The number of allylic oxidation sites excluding steroid dienone is 1. The molecule has 4 unspecified atom stereocenters. The summed E-state index contributed by atoms with van der Waals surface area (Å²) in [6.45, 7) is 8.64. The van der Waals surface area contributed by atoms with Gasteiger partial charge < -0.3 is 10.1 Å². The van der Waals surface area contributed by atoms with E-state index in [1.807, 2.05) is 0 Å². The molecule has 2 aliphatic rings. The molecule has 0 bridgehead atoms. The van der Waals surface area contributed by atoms with E-state index < -0.39 is 0 Å². The van der Waals surface area contributed by atoms with Crippen molar-refractivity contribution in [2.24, 2.45) is 17.3 Å². The van der Waals surface area contributed by atoms with E-state index >= 15 is 0 Å². The molecule has 1 aliphatic heterocycles. The standard InChI is InChI=1S/C16H26N2O2S/c1-15(2,3)16(4)14(21)17-12(18-16)10-8-6-7-9-11(10)13(19)20-5/h6,8,10-12,18H,7,9H2,1-5H3,(H,17,21). The minimum Gasteiger partial charge on any atom is -0.469 e. The highest BCUT2D eigenvalue weighted by molar-refractivity contribution is 7.80. The zero-order valence-corrected chi connectivity index (χ0v) is 14.3. The molecular formula is C16H26N2O2S. The molecule has 0 saturated carbocycles. The number of carbonyl (C=O) groups excluding carboxylic acids is 1. The molecule has 0 aromatic heterocycles. The first-order chi connectivity index (χ1) is 9.70. The average Bonchev–Trinajstić information content (AvgIpc) is 2.75. The first kappa shape index (κ1) is 16.4. The monoisotopic (exact) mass is 310 g/mol. The van der Waals surface area contributed by atoms with Gasteiger partial charge in [-0.15, -0.1) is 0 Å². The largest absolute Gasteiger partial charge is 0.469 e. The smallest absolute Gasteiger partial charge is 0.309 e. The van der Waals surface area contributed by atoms with Crippen molar-refractivity contribution in [1.29, 1.82) is 0 Å². The van der Waals surface area contributed by atoms with E-state index in [2.05, 4.69) is 50.5 Å². The minimum absolute atomic E-state index is 0.00895. The van der Waals surface area contributed by atoms with Crippen LogP contribution < -0.4 is 10.6 Å². The van der Waals surface area contributed by atoms with E-state index in [0.29, 0.717) is 0 Å². The zero-order valence-electron chi connectivity index (χ0n) is 13.5. The molecule has 0 aromatic rings. The molecule has 2 rings (SSSR count). The van der Waals surface area contributed by atoms with Crippen LogP contribution in [0, 0.1) is 17.3 Å². The molecule has 2 N–H and O–H groups in total. The van der Waals surface area contributed by atoms with E-state index in [9.17, 15) is 4.79 Å². The van der Waals surface area contributed by atoms with E-state index in [4.69, 9.17) is 17.0 Å². The number of esters is 1. The third kappa shape index (κ3) is 2.86. The molecule has 1 saturated heterocycles. The zero-order chi connectivity index (χ0) is 15.8. The molecule has 0 aromatic carbocycles. The molecule has 1 fully saturated rings. The average molecular weight is 310 g/mol. The lowest BCUT2D eigenvalue weighted by Gasteiger charge is -2.39. The molecule has 0 spiro atoms. The quantitative estimate of drug-likeness (QED) is 0.466. The number of nitrogens with one attached hydrogen (secondary N) is 2. The number of hydrogen-bond donors (Lipinski definition) is 2. The van der Waals surface area contributed by atoms with Crippen LogP contribution in [-0.4, -0.2) is 29.8 Å². The number of rotatable bonds is 2. The van der Waals surface area contributed by atoms with E-state index in [0.717, 1.165) is 17.8 Å². The van der Waals surface area contributed by atoms with Crippen LogP contribution >= 0.6 is 12.2 Å². The molecule has 0 radical (unpaired) electrons. The number of thiocarbonyl (C=S) groups is 1. The van der Waals surface area contributed by atoms with E-state index in [1.54, 1.807) is 0 Å². The summed E-state index contributed by atoms with van der Waals surface area (Å²) >= 11 is 5.57. The molecule has 4 nitrogen and oxygen atoms in total. The van der Waals surface area contributed by atoms with Crippen molar-refractivity contribution in [3.8, 4) is 0 Å². The fourth-order valence-electron chi connectivity index (χ4n) is 3.07. The summed E-state index contributed by atoms with van der Waals surface area (Å²) in [5.41, 5.74) is -0.288. The highest BCUT2D eigenvalue weighted by atomic mass is 32.1. The molecular weight excluding hydrogens is 284 g/mol. The van der Waals surface area contributed by atoms with Gasteiger partial charge in [0.1, 0.15) is 0 Å². The van der Waals surface area contributed by atoms with Crippen LogP contribution in [0.15, 0.2) is 12.2 Å². The van der Waals surface area contributed by atoms with Gasteiger partial charge in [-0.1, -0.05) is 45.1 Å². The molecule has 1 heterocycles. The van der Waals surface area contributed by atoms with Crippen molar-refractivity contribution in [2.45, 2.75) is 52.2 Å². The van der Waals surface area contributed by atoms with Gasteiger partial charge in [-0.05, 0) is 25.2 Å². The van der Waals surface area contributed by atoms with Gasteiger partial charge in [0.15, 0.2) is 0 Å². The summed E-state index contributed by atoms with van der Waals surface area (Å²) in [5.74, 6) is -0.188. The Bertz CT molecular complexity index is 469. The maximum Gasteiger partial charge on any atom is 0.309 e. The Labute approximate surface area is 132 Å². The minimum atomic E-state index is -0.279. The van der Waals surface area contributed by atoms with Gasteiger partial charge in [0.2, 0.25) is 0 Å². The summed E-state index contributed by atoms with van der Waals surface area (Å²) in [6, 6.07) is 0. The van der Waals surface area contributed by atoms with Crippen molar-refractivity contribution in [2.75, 3.05) is 7.11 Å². The first-order valence-electron chi connectivity index (χ1n) is 7.54. The summed E-state index contributed by atoms with van der Waals surface area (Å²) < 4.78 is 4.96. The van der Waals surface area contributed by atoms with Crippen LogP contribution in [-0.2, 0) is 9.53 Å². The third-order valence-electron chi connectivity index (χ3n) is 5.04. The van der Waals surface area contributed by atoms with Gasteiger partial charge in [-0.3, -0.25) is 10.1 Å². The topological polar surface area (TPSA) is 50.4 Å². The number of methoxy groups -OCH3 is 1. The van der Waals surface area contributed by atoms with Crippen molar-refractivity contribution in [3.63, 3.8) is 0 Å².